The highest BCUT2D eigenvalue weighted by atomic mass is 35.5. The average molecular weight is 343 g/mol. The number of hydrogen-bond donors (Lipinski definition) is 0. The van der Waals surface area contributed by atoms with E-state index in [2.05, 4.69) is 20.2 Å². The van der Waals surface area contributed by atoms with Crippen LogP contribution in [0.1, 0.15) is 0 Å². The summed E-state index contributed by atoms with van der Waals surface area (Å²) in [6, 6.07) is 14.7. The molecule has 2 aromatic carbocycles. The number of hydrogen-bond acceptors (Lipinski definition) is 5. The fraction of sp³-hybridized carbons (Fsp3) is 0. The molecule has 0 bridgehead atoms. The number of rotatable bonds is 2. The Hall–Kier alpha value is -2.50. The van der Waals surface area contributed by atoms with Crippen molar-refractivity contribution in [3.63, 3.8) is 0 Å². The van der Waals surface area contributed by atoms with Gasteiger partial charge in [0.1, 0.15) is 0 Å². The van der Waals surface area contributed by atoms with E-state index < -0.39 is 0 Å². The predicted molar refractivity (Wildman–Crippen MR) is 88.3 cm³/mol. The molecule has 112 valence electrons. The van der Waals surface area contributed by atoms with Gasteiger partial charge in [0.25, 0.3) is 5.89 Å². The third-order valence-corrected chi connectivity index (χ3v) is 3.73. The van der Waals surface area contributed by atoms with Crippen LogP contribution in [0.25, 0.3) is 34.1 Å². The van der Waals surface area contributed by atoms with Gasteiger partial charge in [-0.05, 0) is 30.3 Å². The van der Waals surface area contributed by atoms with Crippen molar-refractivity contribution in [2.75, 3.05) is 0 Å². The van der Waals surface area contributed by atoms with Gasteiger partial charge >= 0.3 is 0 Å². The van der Waals surface area contributed by atoms with Crippen molar-refractivity contribution in [1.82, 2.24) is 20.2 Å². The Bertz CT molecular complexity index is 1000. The lowest BCUT2D eigenvalue weighted by Gasteiger charge is -2.02. The van der Waals surface area contributed by atoms with E-state index in [-0.39, 0.29) is 11.0 Å². The molecule has 2 aromatic heterocycles. The molecule has 0 fully saturated rings. The Kier molecular flexibility index (Phi) is 3.44. The van der Waals surface area contributed by atoms with Crippen LogP contribution in [-0.2, 0) is 0 Å². The quantitative estimate of drug-likeness (QED) is 0.530. The molecule has 0 amide bonds. The Labute approximate surface area is 140 Å². The molecule has 0 N–H and O–H groups in total. The maximum absolute atomic E-state index is 6.20. The van der Waals surface area contributed by atoms with Crippen LogP contribution < -0.4 is 0 Å². The van der Waals surface area contributed by atoms with Crippen molar-refractivity contribution in [1.29, 1.82) is 0 Å². The molecule has 0 spiro atoms. The second-order valence-corrected chi connectivity index (χ2v) is 5.57. The van der Waals surface area contributed by atoms with Crippen LogP contribution in [0.3, 0.4) is 0 Å². The minimum absolute atomic E-state index is 0.183. The van der Waals surface area contributed by atoms with Gasteiger partial charge in [0.05, 0.1) is 11.0 Å². The summed E-state index contributed by atoms with van der Waals surface area (Å²) in [4.78, 5) is 8.73. The predicted octanol–water partition coefficient (Wildman–Crippen LogP) is 4.65. The van der Waals surface area contributed by atoms with Crippen LogP contribution in [0.4, 0.5) is 0 Å². The molecule has 0 aliphatic heterocycles. The summed E-state index contributed by atoms with van der Waals surface area (Å²) in [6.45, 7) is 0. The first-order chi connectivity index (χ1) is 11.2. The number of aromatic nitrogens is 4. The van der Waals surface area contributed by atoms with E-state index in [0.717, 1.165) is 5.56 Å². The largest absolute Gasteiger partial charge is 0.414 e. The van der Waals surface area contributed by atoms with Crippen molar-refractivity contribution in [3.05, 3.63) is 58.7 Å². The summed E-state index contributed by atoms with van der Waals surface area (Å²) in [5.74, 6) is 0.618. The lowest BCUT2D eigenvalue weighted by atomic mass is 10.2. The van der Waals surface area contributed by atoms with E-state index in [0.29, 0.717) is 27.6 Å². The van der Waals surface area contributed by atoms with Gasteiger partial charge in [-0.3, -0.25) is 0 Å². The third-order valence-electron chi connectivity index (χ3n) is 3.23. The van der Waals surface area contributed by atoms with Crippen LogP contribution in [0.5, 0.6) is 0 Å². The van der Waals surface area contributed by atoms with E-state index in [1.54, 1.807) is 18.2 Å². The molecule has 2 heterocycles. The first-order valence-corrected chi connectivity index (χ1v) is 7.48. The van der Waals surface area contributed by atoms with Crippen molar-refractivity contribution >= 4 is 34.2 Å². The van der Waals surface area contributed by atoms with Gasteiger partial charge in [-0.2, -0.15) is 0 Å². The summed E-state index contributed by atoms with van der Waals surface area (Å²) in [7, 11) is 0. The molecule has 0 saturated carbocycles. The highest BCUT2D eigenvalue weighted by molar-refractivity contribution is 6.32. The highest BCUT2D eigenvalue weighted by Gasteiger charge is 2.17. The number of benzene rings is 2. The summed E-state index contributed by atoms with van der Waals surface area (Å²) in [6.07, 6.45) is 0. The lowest BCUT2D eigenvalue weighted by molar-refractivity contribution is 0.582. The van der Waals surface area contributed by atoms with E-state index >= 15 is 0 Å². The Morgan fingerprint density at radius 1 is 0.783 bits per heavy atom. The average Bonchev–Trinajstić information content (AvgIpc) is 3.05. The second kappa shape index (κ2) is 5.61. The molecule has 0 saturated heterocycles. The van der Waals surface area contributed by atoms with Gasteiger partial charge < -0.3 is 4.42 Å². The standard InChI is InChI=1S/C16H8Cl2N4O/c17-10-6-7-11-12(8-10)20-14(18)13(19-11)16-22-21-15(23-16)9-4-2-1-3-5-9/h1-8H. The van der Waals surface area contributed by atoms with E-state index in [9.17, 15) is 0 Å². The van der Waals surface area contributed by atoms with Crippen LogP contribution in [-0.4, -0.2) is 20.2 Å². The molecule has 4 rings (SSSR count). The van der Waals surface area contributed by atoms with E-state index in [1.807, 2.05) is 30.3 Å². The second-order valence-electron chi connectivity index (χ2n) is 4.77. The zero-order chi connectivity index (χ0) is 15.8. The van der Waals surface area contributed by atoms with E-state index in [4.69, 9.17) is 27.6 Å². The van der Waals surface area contributed by atoms with Gasteiger partial charge in [-0.15, -0.1) is 10.2 Å². The molecular formula is C16H8Cl2N4O. The zero-order valence-electron chi connectivity index (χ0n) is 11.6. The Balaban J connectivity index is 1.82. The molecule has 4 aromatic rings. The summed E-state index contributed by atoms with van der Waals surface area (Å²) < 4.78 is 5.67. The first kappa shape index (κ1) is 14.1. The Morgan fingerprint density at radius 2 is 1.57 bits per heavy atom. The Morgan fingerprint density at radius 3 is 2.39 bits per heavy atom. The maximum Gasteiger partial charge on any atom is 0.269 e. The number of fused-ring (bicyclic) bond motifs is 1. The van der Waals surface area contributed by atoms with Crippen LogP contribution in [0, 0.1) is 0 Å². The molecule has 0 atom stereocenters. The lowest BCUT2D eigenvalue weighted by Crippen LogP contribution is -1.91. The topological polar surface area (TPSA) is 64.7 Å². The molecule has 23 heavy (non-hydrogen) atoms. The SMILES string of the molecule is Clc1ccc2nc(-c3nnc(-c4ccccc4)o3)c(Cl)nc2c1. The number of nitrogens with zero attached hydrogens (tertiary/aromatic N) is 4. The van der Waals surface area contributed by atoms with Crippen molar-refractivity contribution < 1.29 is 4.42 Å². The summed E-state index contributed by atoms with van der Waals surface area (Å²) in [5, 5.41) is 8.80. The van der Waals surface area contributed by atoms with Crippen molar-refractivity contribution in [2.24, 2.45) is 0 Å². The smallest absolute Gasteiger partial charge is 0.269 e. The van der Waals surface area contributed by atoms with Crippen molar-refractivity contribution in [2.45, 2.75) is 0 Å². The van der Waals surface area contributed by atoms with Gasteiger partial charge in [0, 0.05) is 10.6 Å². The fourth-order valence-electron chi connectivity index (χ4n) is 2.16. The molecule has 7 heteroatoms. The molecule has 0 radical (unpaired) electrons. The molecule has 5 nitrogen and oxygen atoms in total. The van der Waals surface area contributed by atoms with Gasteiger partial charge in [-0.25, -0.2) is 9.97 Å². The maximum atomic E-state index is 6.20. The third kappa shape index (κ3) is 2.65. The van der Waals surface area contributed by atoms with Crippen LogP contribution in [0.2, 0.25) is 10.2 Å². The molecule has 0 aliphatic carbocycles. The van der Waals surface area contributed by atoms with Crippen LogP contribution in [0.15, 0.2) is 52.9 Å². The molecule has 0 unspecified atom stereocenters. The monoisotopic (exact) mass is 342 g/mol. The number of halogens is 2. The summed E-state index contributed by atoms with van der Waals surface area (Å²) >= 11 is 12.1. The van der Waals surface area contributed by atoms with Gasteiger partial charge in [-0.1, -0.05) is 41.4 Å². The fourth-order valence-corrected chi connectivity index (χ4v) is 2.54. The van der Waals surface area contributed by atoms with Crippen LogP contribution >= 0.6 is 23.2 Å². The minimum atomic E-state index is 0.183. The van der Waals surface area contributed by atoms with Gasteiger partial charge in [0.15, 0.2) is 10.8 Å². The van der Waals surface area contributed by atoms with Gasteiger partial charge in [0.2, 0.25) is 5.89 Å². The minimum Gasteiger partial charge on any atom is -0.414 e. The van der Waals surface area contributed by atoms with Crippen molar-refractivity contribution in [3.8, 4) is 23.0 Å². The summed E-state index contributed by atoms with van der Waals surface area (Å²) in [5.41, 5.74) is 2.42. The highest BCUT2D eigenvalue weighted by Crippen LogP contribution is 2.29. The van der Waals surface area contributed by atoms with E-state index in [1.165, 1.54) is 0 Å². The molecule has 0 aliphatic rings. The normalized spacial score (nSPS) is 11.0. The first-order valence-electron chi connectivity index (χ1n) is 6.73. The molecular weight excluding hydrogens is 335 g/mol. The zero-order valence-corrected chi connectivity index (χ0v) is 13.1.